The first kappa shape index (κ1) is 13.9. The maximum Gasteiger partial charge on any atom is 0.245 e. The van der Waals surface area contributed by atoms with Crippen LogP contribution < -0.4 is 4.74 Å². The number of ether oxygens (including phenoxy) is 1. The lowest BCUT2D eigenvalue weighted by Gasteiger charge is -2.29. The number of fused-ring (bicyclic) bond motifs is 1. The van der Waals surface area contributed by atoms with Crippen LogP contribution in [0, 0.1) is 0 Å². The van der Waals surface area contributed by atoms with E-state index in [-0.39, 0.29) is 12.6 Å². The Morgan fingerprint density at radius 1 is 1.30 bits per heavy atom. The van der Waals surface area contributed by atoms with Crippen molar-refractivity contribution in [1.82, 2.24) is 29.8 Å². The van der Waals surface area contributed by atoms with E-state index in [0.717, 1.165) is 11.6 Å². The van der Waals surface area contributed by atoms with E-state index in [1.807, 2.05) is 41.9 Å². The van der Waals surface area contributed by atoms with Crippen LogP contribution in [0.25, 0.3) is 0 Å². The van der Waals surface area contributed by atoms with Crippen molar-refractivity contribution in [3.05, 3.63) is 54.2 Å². The van der Waals surface area contributed by atoms with Gasteiger partial charge in [0.25, 0.3) is 0 Å². The Bertz CT molecular complexity index is 784. The summed E-state index contributed by atoms with van der Waals surface area (Å²) in [5.74, 6) is 2.84. The average Bonchev–Trinajstić information content (AvgIpc) is 3.21. The molecule has 4 rings (SSSR count). The van der Waals surface area contributed by atoms with Crippen LogP contribution in [0.15, 0.2) is 41.2 Å². The second-order valence-electron chi connectivity index (χ2n) is 5.48. The van der Waals surface area contributed by atoms with Crippen LogP contribution in [-0.4, -0.2) is 36.9 Å². The number of hydrogen-bond donors (Lipinski definition) is 0. The van der Waals surface area contributed by atoms with Crippen LogP contribution in [-0.2, 0) is 19.7 Å². The van der Waals surface area contributed by atoms with Gasteiger partial charge in [0.2, 0.25) is 11.7 Å². The van der Waals surface area contributed by atoms with Crippen molar-refractivity contribution in [2.45, 2.75) is 25.7 Å². The fourth-order valence-electron chi connectivity index (χ4n) is 2.61. The molecule has 0 saturated carbocycles. The molecule has 118 valence electrons. The van der Waals surface area contributed by atoms with E-state index in [9.17, 15) is 0 Å². The van der Waals surface area contributed by atoms with Crippen LogP contribution in [0.1, 0.15) is 23.6 Å². The highest BCUT2D eigenvalue weighted by Gasteiger charge is 2.30. The Kier molecular flexibility index (Phi) is 3.51. The summed E-state index contributed by atoms with van der Waals surface area (Å²) in [7, 11) is 2.01. The number of benzene rings is 1. The lowest BCUT2D eigenvalue weighted by molar-refractivity contribution is 0.139. The molecule has 0 radical (unpaired) electrons. The molecule has 0 saturated heterocycles. The normalized spacial score (nSPS) is 17.9. The van der Waals surface area contributed by atoms with Crippen LogP contribution in [0.3, 0.4) is 0 Å². The van der Waals surface area contributed by atoms with Gasteiger partial charge in [0, 0.05) is 6.54 Å². The van der Waals surface area contributed by atoms with Gasteiger partial charge in [0.05, 0.1) is 6.54 Å². The van der Waals surface area contributed by atoms with Crippen LogP contribution in [0.2, 0.25) is 0 Å². The van der Waals surface area contributed by atoms with E-state index in [1.165, 1.54) is 0 Å². The lowest BCUT2D eigenvalue weighted by atomic mass is 10.2. The third-order valence-electron chi connectivity index (χ3n) is 3.87. The molecule has 1 aromatic carbocycles. The van der Waals surface area contributed by atoms with Gasteiger partial charge in [0.15, 0.2) is 6.61 Å². The summed E-state index contributed by atoms with van der Waals surface area (Å²) in [6, 6.07) is 9.58. The Labute approximate surface area is 132 Å². The summed E-state index contributed by atoms with van der Waals surface area (Å²) in [6.45, 7) is 1.67. The standard InChI is InChI=1S/C15H16N6O2/c1-20-8-14-18-16-10-21(14)7-12(20)15-17-13(19-23-15)9-22-11-5-3-2-4-6-11/h2-6,10,12H,7-9H2,1H3. The van der Waals surface area contributed by atoms with Gasteiger partial charge in [-0.15, -0.1) is 10.2 Å². The molecule has 1 aliphatic rings. The van der Waals surface area contributed by atoms with Gasteiger partial charge in [0.1, 0.15) is 23.9 Å². The predicted octanol–water partition coefficient (Wildman–Crippen LogP) is 1.43. The third kappa shape index (κ3) is 2.80. The van der Waals surface area contributed by atoms with Crippen LogP contribution in [0.4, 0.5) is 0 Å². The number of para-hydroxylation sites is 1. The van der Waals surface area contributed by atoms with E-state index < -0.39 is 0 Å². The van der Waals surface area contributed by atoms with E-state index in [1.54, 1.807) is 6.33 Å². The minimum atomic E-state index is 0.0106. The van der Waals surface area contributed by atoms with Gasteiger partial charge in [-0.1, -0.05) is 23.4 Å². The fraction of sp³-hybridized carbons (Fsp3) is 0.333. The van der Waals surface area contributed by atoms with Crippen LogP contribution in [0.5, 0.6) is 5.75 Å². The Balaban J connectivity index is 1.46. The first-order valence-corrected chi connectivity index (χ1v) is 7.37. The SMILES string of the molecule is CN1Cc2nncn2CC1c1nc(COc2ccccc2)no1. The van der Waals surface area contributed by atoms with Crippen LogP contribution >= 0.6 is 0 Å². The van der Waals surface area contributed by atoms with E-state index >= 15 is 0 Å². The van der Waals surface area contributed by atoms with Crippen molar-refractivity contribution in [2.24, 2.45) is 0 Å². The van der Waals surface area contributed by atoms with Crippen molar-refractivity contribution in [3.63, 3.8) is 0 Å². The molecular formula is C15H16N6O2. The first-order chi connectivity index (χ1) is 11.3. The van der Waals surface area contributed by atoms with Crippen molar-refractivity contribution in [2.75, 3.05) is 7.05 Å². The summed E-state index contributed by atoms with van der Waals surface area (Å²) < 4.78 is 13.1. The Morgan fingerprint density at radius 2 is 2.17 bits per heavy atom. The largest absolute Gasteiger partial charge is 0.485 e. The highest BCUT2D eigenvalue weighted by atomic mass is 16.5. The zero-order valence-electron chi connectivity index (χ0n) is 12.7. The second-order valence-corrected chi connectivity index (χ2v) is 5.48. The highest BCUT2D eigenvalue weighted by molar-refractivity contribution is 5.21. The van der Waals surface area contributed by atoms with Crippen molar-refractivity contribution in [3.8, 4) is 5.75 Å². The van der Waals surface area contributed by atoms with E-state index in [4.69, 9.17) is 9.26 Å². The zero-order valence-corrected chi connectivity index (χ0v) is 12.7. The maximum atomic E-state index is 5.64. The van der Waals surface area contributed by atoms with E-state index in [0.29, 0.717) is 24.8 Å². The summed E-state index contributed by atoms with van der Waals surface area (Å²) >= 11 is 0. The summed E-state index contributed by atoms with van der Waals surface area (Å²) in [4.78, 5) is 6.58. The first-order valence-electron chi connectivity index (χ1n) is 7.37. The molecule has 0 bridgehead atoms. The predicted molar refractivity (Wildman–Crippen MR) is 79.3 cm³/mol. The van der Waals surface area contributed by atoms with Gasteiger partial charge in [-0.2, -0.15) is 4.98 Å². The molecular weight excluding hydrogens is 296 g/mol. The molecule has 0 aliphatic carbocycles. The van der Waals surface area contributed by atoms with E-state index in [2.05, 4.69) is 25.2 Å². The van der Waals surface area contributed by atoms with Crippen molar-refractivity contribution < 1.29 is 9.26 Å². The second kappa shape index (κ2) is 5.81. The minimum absolute atomic E-state index is 0.0106. The van der Waals surface area contributed by atoms with Crippen molar-refractivity contribution in [1.29, 1.82) is 0 Å². The molecule has 0 fully saturated rings. The molecule has 1 aliphatic heterocycles. The van der Waals surface area contributed by atoms with Gasteiger partial charge < -0.3 is 13.8 Å². The Hall–Kier alpha value is -2.74. The lowest BCUT2D eigenvalue weighted by Crippen LogP contribution is -2.34. The zero-order chi connectivity index (χ0) is 15.6. The molecule has 2 aromatic heterocycles. The molecule has 1 unspecified atom stereocenters. The molecule has 3 heterocycles. The fourth-order valence-corrected chi connectivity index (χ4v) is 2.61. The van der Waals surface area contributed by atoms with Gasteiger partial charge in [-0.25, -0.2) is 0 Å². The number of nitrogens with zero attached hydrogens (tertiary/aromatic N) is 6. The van der Waals surface area contributed by atoms with Gasteiger partial charge in [-0.3, -0.25) is 4.90 Å². The van der Waals surface area contributed by atoms with Gasteiger partial charge >= 0.3 is 0 Å². The smallest absolute Gasteiger partial charge is 0.245 e. The molecule has 1 atom stereocenters. The van der Waals surface area contributed by atoms with Crippen molar-refractivity contribution >= 4 is 0 Å². The molecule has 0 amide bonds. The third-order valence-corrected chi connectivity index (χ3v) is 3.87. The highest BCUT2D eigenvalue weighted by Crippen LogP contribution is 2.26. The molecule has 0 spiro atoms. The number of hydrogen-bond acceptors (Lipinski definition) is 7. The molecule has 0 N–H and O–H groups in total. The molecule has 3 aromatic rings. The quantitative estimate of drug-likeness (QED) is 0.720. The maximum absolute atomic E-state index is 5.64. The molecule has 8 nitrogen and oxygen atoms in total. The number of rotatable bonds is 4. The Morgan fingerprint density at radius 3 is 3.04 bits per heavy atom. The monoisotopic (exact) mass is 312 g/mol. The number of likely N-dealkylation sites (N-methyl/N-ethyl adjacent to an activating group) is 1. The topological polar surface area (TPSA) is 82.1 Å². The average molecular weight is 312 g/mol. The molecule has 8 heteroatoms. The van der Waals surface area contributed by atoms with Gasteiger partial charge in [-0.05, 0) is 19.2 Å². The summed E-state index contributed by atoms with van der Waals surface area (Å²) in [5.41, 5.74) is 0. The number of aromatic nitrogens is 5. The summed E-state index contributed by atoms with van der Waals surface area (Å²) in [5, 5.41) is 12.0. The molecule has 23 heavy (non-hydrogen) atoms. The minimum Gasteiger partial charge on any atom is -0.485 e. The summed E-state index contributed by atoms with van der Waals surface area (Å²) in [6.07, 6.45) is 1.73.